The van der Waals surface area contributed by atoms with Crippen molar-refractivity contribution in [3.63, 3.8) is 0 Å². The molecule has 1 heterocycles. The van der Waals surface area contributed by atoms with Gasteiger partial charge in [-0.25, -0.2) is 0 Å². The molecular formula is C11H14F3NO3. The normalized spacial score (nSPS) is 26.8. The minimum atomic E-state index is -4.32. The van der Waals surface area contributed by atoms with Gasteiger partial charge in [-0.05, 0) is 25.7 Å². The number of aliphatic carboxylic acids is 1. The third-order valence-corrected chi connectivity index (χ3v) is 3.74. The van der Waals surface area contributed by atoms with Gasteiger partial charge in [0.05, 0.1) is 5.92 Å². The number of carbonyl (C=O) groups is 2. The zero-order chi connectivity index (χ0) is 13.6. The smallest absolute Gasteiger partial charge is 0.393 e. The number of amides is 1. The molecule has 4 nitrogen and oxygen atoms in total. The largest absolute Gasteiger partial charge is 0.480 e. The lowest BCUT2D eigenvalue weighted by molar-refractivity contribution is -0.189. The van der Waals surface area contributed by atoms with Gasteiger partial charge in [-0.2, -0.15) is 13.2 Å². The molecule has 7 heteroatoms. The first kappa shape index (κ1) is 13.2. The lowest BCUT2D eigenvalue weighted by Gasteiger charge is -2.35. The number of hydrogen-bond acceptors (Lipinski definition) is 2. The Labute approximate surface area is 102 Å². The molecular weight excluding hydrogens is 251 g/mol. The summed E-state index contributed by atoms with van der Waals surface area (Å²) in [5.74, 6) is -3.40. The van der Waals surface area contributed by atoms with Crippen LogP contribution >= 0.6 is 0 Å². The average molecular weight is 265 g/mol. The Balaban J connectivity index is 2.06. The van der Waals surface area contributed by atoms with Crippen LogP contribution in [0.15, 0.2) is 0 Å². The maximum atomic E-state index is 12.6. The molecule has 1 aliphatic heterocycles. The van der Waals surface area contributed by atoms with Gasteiger partial charge in [0, 0.05) is 13.1 Å². The fourth-order valence-electron chi connectivity index (χ4n) is 2.38. The van der Waals surface area contributed by atoms with Crippen LogP contribution in [0.5, 0.6) is 0 Å². The minimum Gasteiger partial charge on any atom is -0.480 e. The highest BCUT2D eigenvalue weighted by molar-refractivity contribution is 6.04. The van der Waals surface area contributed by atoms with Crippen LogP contribution in [0.2, 0.25) is 0 Å². The van der Waals surface area contributed by atoms with Gasteiger partial charge in [0.2, 0.25) is 5.91 Å². The summed E-state index contributed by atoms with van der Waals surface area (Å²) in [6.45, 7) is -0.183. The third kappa shape index (κ3) is 2.18. The van der Waals surface area contributed by atoms with Gasteiger partial charge >= 0.3 is 12.1 Å². The number of nitrogens with zero attached hydrogens (tertiary/aromatic N) is 1. The van der Waals surface area contributed by atoms with Gasteiger partial charge in [0.25, 0.3) is 0 Å². The first-order valence-electron chi connectivity index (χ1n) is 5.87. The first-order valence-corrected chi connectivity index (χ1v) is 5.87. The molecule has 0 radical (unpaired) electrons. The van der Waals surface area contributed by atoms with Crippen LogP contribution in [0.4, 0.5) is 13.2 Å². The van der Waals surface area contributed by atoms with E-state index in [9.17, 15) is 22.8 Å². The molecule has 2 fully saturated rings. The standard InChI is InChI=1S/C11H14F3NO3/c12-11(13,14)7-2-1-5-15(6-7)8(16)10(3-4-10)9(17)18/h7H,1-6H2,(H,17,18). The third-order valence-electron chi connectivity index (χ3n) is 3.74. The number of rotatable bonds is 2. The minimum absolute atomic E-state index is 0.00729. The van der Waals surface area contributed by atoms with Crippen molar-refractivity contribution in [3.8, 4) is 0 Å². The van der Waals surface area contributed by atoms with Crippen molar-refractivity contribution in [2.75, 3.05) is 13.1 Å². The molecule has 0 aromatic carbocycles. The summed E-state index contributed by atoms with van der Waals surface area (Å²) in [4.78, 5) is 24.0. The molecule has 1 saturated carbocycles. The second-order valence-electron chi connectivity index (χ2n) is 5.02. The predicted octanol–water partition coefficient (Wildman–Crippen LogP) is 1.65. The highest BCUT2D eigenvalue weighted by atomic mass is 19.4. The van der Waals surface area contributed by atoms with Crippen molar-refractivity contribution in [2.24, 2.45) is 11.3 Å². The average Bonchev–Trinajstić information content (AvgIpc) is 3.08. The van der Waals surface area contributed by atoms with E-state index in [1.807, 2.05) is 0 Å². The van der Waals surface area contributed by atoms with E-state index in [-0.39, 0.29) is 32.2 Å². The molecule has 2 aliphatic rings. The molecule has 0 bridgehead atoms. The summed E-state index contributed by atoms with van der Waals surface area (Å²) >= 11 is 0. The van der Waals surface area contributed by atoms with Crippen molar-refractivity contribution < 1.29 is 27.9 Å². The van der Waals surface area contributed by atoms with Crippen LogP contribution < -0.4 is 0 Å². The number of likely N-dealkylation sites (tertiary alicyclic amines) is 1. The Morgan fingerprint density at radius 2 is 1.89 bits per heavy atom. The highest BCUT2D eigenvalue weighted by Gasteiger charge is 2.59. The van der Waals surface area contributed by atoms with Crippen LogP contribution in [-0.4, -0.2) is 41.1 Å². The summed E-state index contributed by atoms with van der Waals surface area (Å²) in [5, 5.41) is 8.96. The Morgan fingerprint density at radius 3 is 2.33 bits per heavy atom. The monoisotopic (exact) mass is 265 g/mol. The Kier molecular flexibility index (Phi) is 3.03. The maximum absolute atomic E-state index is 12.6. The van der Waals surface area contributed by atoms with Crippen molar-refractivity contribution >= 4 is 11.9 Å². The summed E-state index contributed by atoms with van der Waals surface area (Å²) in [7, 11) is 0. The van der Waals surface area contributed by atoms with Crippen molar-refractivity contribution in [1.29, 1.82) is 0 Å². The highest BCUT2D eigenvalue weighted by Crippen LogP contribution is 2.48. The van der Waals surface area contributed by atoms with Crippen LogP contribution in [0.3, 0.4) is 0 Å². The topological polar surface area (TPSA) is 57.6 Å². The quantitative estimate of drug-likeness (QED) is 0.772. The number of carbonyl (C=O) groups excluding carboxylic acids is 1. The van der Waals surface area contributed by atoms with Crippen LogP contribution in [0, 0.1) is 11.3 Å². The molecule has 0 aromatic heterocycles. The molecule has 18 heavy (non-hydrogen) atoms. The van der Waals surface area contributed by atoms with E-state index >= 15 is 0 Å². The van der Waals surface area contributed by atoms with Gasteiger partial charge in [-0.15, -0.1) is 0 Å². The summed E-state index contributed by atoms with van der Waals surface area (Å²) in [5.41, 5.74) is -1.44. The molecule has 1 atom stereocenters. The van der Waals surface area contributed by atoms with Crippen LogP contribution in [0.25, 0.3) is 0 Å². The van der Waals surface area contributed by atoms with Crippen LogP contribution in [0.1, 0.15) is 25.7 Å². The second-order valence-corrected chi connectivity index (χ2v) is 5.02. The van der Waals surface area contributed by atoms with E-state index in [0.717, 1.165) is 4.90 Å². The van der Waals surface area contributed by atoms with E-state index in [1.165, 1.54) is 0 Å². The SMILES string of the molecule is O=C(O)C1(C(=O)N2CCCC(C(F)(F)F)C2)CC1. The molecule has 1 saturated heterocycles. The first-order chi connectivity index (χ1) is 8.27. The zero-order valence-electron chi connectivity index (χ0n) is 9.66. The fourth-order valence-corrected chi connectivity index (χ4v) is 2.38. The number of halogens is 3. The molecule has 102 valence electrons. The van der Waals surface area contributed by atoms with E-state index in [0.29, 0.717) is 0 Å². The number of piperidine rings is 1. The Morgan fingerprint density at radius 1 is 1.28 bits per heavy atom. The number of carboxylic acid groups (broad SMARTS) is 1. The van der Waals surface area contributed by atoms with Crippen molar-refractivity contribution in [2.45, 2.75) is 31.9 Å². The van der Waals surface area contributed by atoms with E-state index in [2.05, 4.69) is 0 Å². The van der Waals surface area contributed by atoms with Gasteiger partial charge in [-0.3, -0.25) is 9.59 Å². The molecule has 1 unspecified atom stereocenters. The lowest BCUT2D eigenvalue weighted by atomic mass is 9.95. The van der Waals surface area contributed by atoms with Crippen molar-refractivity contribution in [3.05, 3.63) is 0 Å². The van der Waals surface area contributed by atoms with E-state index in [4.69, 9.17) is 5.11 Å². The lowest BCUT2D eigenvalue weighted by Crippen LogP contribution is -2.48. The second kappa shape index (κ2) is 4.13. The van der Waals surface area contributed by atoms with Gasteiger partial charge < -0.3 is 10.0 Å². The van der Waals surface area contributed by atoms with E-state index in [1.54, 1.807) is 0 Å². The Hall–Kier alpha value is -1.27. The number of alkyl halides is 3. The molecule has 0 aromatic rings. The molecule has 0 spiro atoms. The maximum Gasteiger partial charge on any atom is 0.393 e. The van der Waals surface area contributed by atoms with Crippen molar-refractivity contribution in [1.82, 2.24) is 4.90 Å². The fraction of sp³-hybridized carbons (Fsp3) is 0.818. The van der Waals surface area contributed by atoms with Gasteiger partial charge in [0.1, 0.15) is 5.41 Å². The molecule has 1 amide bonds. The zero-order valence-corrected chi connectivity index (χ0v) is 9.66. The predicted molar refractivity (Wildman–Crippen MR) is 54.7 cm³/mol. The summed E-state index contributed by atoms with van der Waals surface area (Å²) in [6, 6.07) is 0. The Bertz CT molecular complexity index is 376. The number of carboxylic acids is 1. The van der Waals surface area contributed by atoms with Gasteiger partial charge in [0.15, 0.2) is 0 Å². The molecule has 1 aliphatic carbocycles. The number of hydrogen-bond donors (Lipinski definition) is 1. The summed E-state index contributed by atoms with van der Waals surface area (Å²) in [6.07, 6.45) is -3.58. The molecule has 1 N–H and O–H groups in total. The molecule has 2 rings (SSSR count). The van der Waals surface area contributed by atoms with Gasteiger partial charge in [-0.1, -0.05) is 0 Å². The van der Waals surface area contributed by atoms with E-state index < -0.39 is 35.9 Å². The summed E-state index contributed by atoms with van der Waals surface area (Å²) < 4.78 is 37.8. The van der Waals surface area contributed by atoms with Crippen LogP contribution in [-0.2, 0) is 9.59 Å².